The quantitative estimate of drug-likeness (QED) is 0.191. The lowest BCUT2D eigenvalue weighted by atomic mass is 9.64. The van der Waals surface area contributed by atoms with E-state index in [2.05, 4.69) is 5.32 Å². The van der Waals surface area contributed by atoms with Gasteiger partial charge in [0.1, 0.15) is 11.5 Å². The maximum atomic E-state index is 14.8. The predicted molar refractivity (Wildman–Crippen MR) is 159 cm³/mol. The zero-order chi connectivity index (χ0) is 29.2. The van der Waals surface area contributed by atoms with Crippen LogP contribution in [-0.4, -0.2) is 34.5 Å². The summed E-state index contributed by atoms with van der Waals surface area (Å²) in [6.45, 7) is 1.96. The van der Waals surface area contributed by atoms with E-state index >= 15 is 0 Å². The number of rotatable bonds is 5. The van der Waals surface area contributed by atoms with Gasteiger partial charge in [-0.1, -0.05) is 84.9 Å². The highest BCUT2D eigenvalue weighted by Crippen LogP contribution is 2.58. The molecule has 8 nitrogen and oxygen atoms in total. The number of para-hydroxylation sites is 1. The first-order valence-corrected chi connectivity index (χ1v) is 13.7. The van der Waals surface area contributed by atoms with Gasteiger partial charge in [0, 0.05) is 34.6 Å². The molecule has 3 aliphatic rings. The van der Waals surface area contributed by atoms with Gasteiger partial charge in [0.15, 0.2) is 11.6 Å². The van der Waals surface area contributed by atoms with Gasteiger partial charge >= 0.3 is 0 Å². The fraction of sp³-hybridized carbons (Fsp3) is 0.147. The first-order chi connectivity index (χ1) is 20.3. The van der Waals surface area contributed by atoms with E-state index in [4.69, 9.17) is 0 Å². The van der Waals surface area contributed by atoms with E-state index in [1.54, 1.807) is 30.3 Å². The molecule has 0 saturated carbocycles. The molecule has 1 spiro atoms. The Morgan fingerprint density at radius 2 is 1.62 bits per heavy atom. The minimum atomic E-state index is -1.48. The Balaban J connectivity index is 1.54. The third-order valence-corrected chi connectivity index (χ3v) is 8.74. The Morgan fingerprint density at radius 3 is 2.40 bits per heavy atom. The van der Waals surface area contributed by atoms with Gasteiger partial charge < -0.3 is 10.2 Å². The molecule has 1 N–H and O–H groups in total. The van der Waals surface area contributed by atoms with Crippen molar-refractivity contribution in [2.45, 2.75) is 24.4 Å². The van der Waals surface area contributed by atoms with Crippen LogP contribution < -0.4 is 10.2 Å². The molecule has 8 heteroatoms. The van der Waals surface area contributed by atoms with Crippen molar-refractivity contribution in [2.24, 2.45) is 5.92 Å². The molecule has 7 rings (SSSR count). The minimum absolute atomic E-state index is 0.0740. The summed E-state index contributed by atoms with van der Waals surface area (Å²) < 4.78 is 0. The van der Waals surface area contributed by atoms with E-state index in [-0.39, 0.29) is 22.9 Å². The first kappa shape index (κ1) is 25.6. The second kappa shape index (κ2) is 9.34. The summed E-state index contributed by atoms with van der Waals surface area (Å²) >= 11 is 0. The van der Waals surface area contributed by atoms with Crippen LogP contribution >= 0.6 is 0 Å². The number of anilines is 2. The fourth-order valence-electron chi connectivity index (χ4n) is 7.00. The number of ketones is 2. The molecule has 0 bridgehead atoms. The van der Waals surface area contributed by atoms with Crippen LogP contribution in [0.2, 0.25) is 0 Å². The van der Waals surface area contributed by atoms with Crippen LogP contribution in [0.4, 0.5) is 17.1 Å². The molecule has 206 valence electrons. The van der Waals surface area contributed by atoms with Gasteiger partial charge in [0.25, 0.3) is 5.69 Å². The molecule has 3 aliphatic heterocycles. The third-order valence-electron chi connectivity index (χ3n) is 8.74. The molecule has 42 heavy (non-hydrogen) atoms. The molecule has 3 heterocycles. The van der Waals surface area contributed by atoms with Crippen LogP contribution in [0, 0.1) is 23.0 Å². The molecule has 0 aromatic heterocycles. The lowest BCUT2D eigenvalue weighted by Gasteiger charge is -2.37. The van der Waals surface area contributed by atoms with Crippen molar-refractivity contribution in [1.29, 1.82) is 0 Å². The van der Waals surface area contributed by atoms with E-state index in [0.29, 0.717) is 16.8 Å². The highest BCUT2D eigenvalue weighted by molar-refractivity contribution is 6.18. The van der Waals surface area contributed by atoms with Gasteiger partial charge in [-0.2, -0.15) is 0 Å². The van der Waals surface area contributed by atoms with Crippen LogP contribution in [0.15, 0.2) is 103 Å². The number of nitro groups is 1. The zero-order valence-corrected chi connectivity index (χ0v) is 22.6. The number of nitrogens with one attached hydrogen (secondary N) is 1. The maximum Gasteiger partial charge on any atom is 0.270 e. The molecule has 1 amide bonds. The number of benzene rings is 4. The van der Waals surface area contributed by atoms with E-state index in [1.807, 2.05) is 66.4 Å². The number of aryl methyl sites for hydroxylation is 1. The largest absolute Gasteiger partial charge is 0.352 e. The second-order valence-electron chi connectivity index (χ2n) is 11.0. The number of carbonyl (C=O) groups excluding carboxylic acids is 3. The molecule has 0 radical (unpaired) electrons. The molecule has 1 fully saturated rings. The number of amides is 1. The van der Waals surface area contributed by atoms with Crippen molar-refractivity contribution in [2.75, 3.05) is 10.2 Å². The van der Waals surface area contributed by atoms with E-state index in [0.717, 1.165) is 16.8 Å². The fourth-order valence-corrected chi connectivity index (χ4v) is 7.00. The van der Waals surface area contributed by atoms with Gasteiger partial charge in [-0.3, -0.25) is 24.5 Å². The highest BCUT2D eigenvalue weighted by atomic mass is 16.6. The number of Topliss-reactive ketones (excluding diaryl/α,β-unsaturated/α-hetero) is 2. The van der Waals surface area contributed by atoms with E-state index < -0.39 is 34.1 Å². The Bertz CT molecular complexity index is 1850. The van der Waals surface area contributed by atoms with Crippen LogP contribution in [-0.2, 0) is 10.2 Å². The molecular weight excluding hydrogens is 530 g/mol. The first-order valence-electron chi connectivity index (χ1n) is 13.7. The van der Waals surface area contributed by atoms with E-state index in [1.165, 1.54) is 24.3 Å². The number of carbonyl (C=O) groups is 3. The molecule has 4 atom stereocenters. The summed E-state index contributed by atoms with van der Waals surface area (Å²) in [5, 5.41) is 14.6. The van der Waals surface area contributed by atoms with Crippen LogP contribution in [0.3, 0.4) is 0 Å². The van der Waals surface area contributed by atoms with Gasteiger partial charge in [-0.15, -0.1) is 0 Å². The maximum absolute atomic E-state index is 14.8. The summed E-state index contributed by atoms with van der Waals surface area (Å²) in [5.41, 5.74) is 2.55. The molecule has 1 saturated heterocycles. The number of hydrogen-bond acceptors (Lipinski definition) is 6. The van der Waals surface area contributed by atoms with Crippen molar-refractivity contribution in [3.05, 3.63) is 141 Å². The lowest BCUT2D eigenvalue weighted by Crippen LogP contribution is -2.51. The molecule has 0 unspecified atom stereocenters. The van der Waals surface area contributed by atoms with Gasteiger partial charge in [-0.05, 0) is 35.7 Å². The summed E-state index contributed by atoms with van der Waals surface area (Å²) in [4.78, 5) is 56.8. The van der Waals surface area contributed by atoms with E-state index in [9.17, 15) is 24.5 Å². The Kier molecular flexibility index (Phi) is 5.69. The molecule has 0 aliphatic carbocycles. The summed E-state index contributed by atoms with van der Waals surface area (Å²) in [7, 11) is 0. The predicted octanol–water partition coefficient (Wildman–Crippen LogP) is 5.76. The number of hydrogen-bond donors (Lipinski definition) is 1. The summed E-state index contributed by atoms with van der Waals surface area (Å²) in [5.74, 6) is -2.39. The third kappa shape index (κ3) is 3.51. The summed E-state index contributed by atoms with van der Waals surface area (Å²) in [6.07, 6.45) is 3.85. The number of non-ortho nitro benzene ring substituents is 1. The van der Waals surface area contributed by atoms with Crippen molar-refractivity contribution >= 4 is 40.6 Å². The normalized spacial score (nSPS) is 23.2. The topological polar surface area (TPSA) is 110 Å². The van der Waals surface area contributed by atoms with Crippen molar-refractivity contribution in [3.8, 4) is 0 Å². The zero-order valence-electron chi connectivity index (χ0n) is 22.6. The van der Waals surface area contributed by atoms with Crippen LogP contribution in [0.5, 0.6) is 0 Å². The molecule has 4 aromatic rings. The van der Waals surface area contributed by atoms with Crippen molar-refractivity contribution in [1.82, 2.24) is 0 Å². The summed E-state index contributed by atoms with van der Waals surface area (Å²) in [6, 6.07) is 25.7. The highest BCUT2D eigenvalue weighted by Gasteiger charge is 2.70. The van der Waals surface area contributed by atoms with Crippen LogP contribution in [0.1, 0.15) is 37.4 Å². The van der Waals surface area contributed by atoms with Crippen LogP contribution in [0.25, 0.3) is 6.08 Å². The number of nitrogens with zero attached hydrogens (tertiary/aromatic N) is 2. The average molecular weight is 556 g/mol. The average Bonchev–Trinajstić information content (AvgIpc) is 3.49. The molecule has 4 aromatic carbocycles. The Labute approximate surface area is 241 Å². The standard InChI is InChI=1S/C34H25N3O5/c1-20-14-15-21-16-17-28-34(25-12-5-6-13-26(25)35-33(34)40)29(31(38)23-10-7-11-24(19-23)37(41)42)30(36(28)27(21)18-20)32(39)22-8-3-2-4-9-22/h2-19,28-30H,1H3,(H,35,40)/t28-,29-,30+,34-/m0/s1. The SMILES string of the molecule is Cc1ccc2c(c1)N1[C@@H](C=C2)[C@]2(C(=O)Nc3ccccc32)[C@H](C(=O)c2cccc([N+](=O)[O-])c2)[C@@H]1C(=O)c1ccccc1. The number of fused-ring (bicyclic) bond motifs is 6. The van der Waals surface area contributed by atoms with Gasteiger partial charge in [0.05, 0.1) is 16.9 Å². The second-order valence-corrected chi connectivity index (χ2v) is 11.0. The smallest absolute Gasteiger partial charge is 0.270 e. The van der Waals surface area contributed by atoms with Crippen molar-refractivity contribution < 1.29 is 19.3 Å². The number of nitro benzene ring substituents is 1. The monoisotopic (exact) mass is 555 g/mol. The van der Waals surface area contributed by atoms with Gasteiger partial charge in [-0.25, -0.2) is 0 Å². The molecular formula is C34H25N3O5. The van der Waals surface area contributed by atoms with Crippen molar-refractivity contribution in [3.63, 3.8) is 0 Å². The Hall–Kier alpha value is -5.37. The minimum Gasteiger partial charge on any atom is -0.352 e. The van der Waals surface area contributed by atoms with Gasteiger partial charge in [0.2, 0.25) is 5.91 Å². The lowest BCUT2D eigenvalue weighted by molar-refractivity contribution is -0.384. The Morgan fingerprint density at radius 1 is 0.881 bits per heavy atom.